The highest BCUT2D eigenvalue weighted by atomic mass is 19.1. The highest BCUT2D eigenvalue weighted by Gasteiger charge is 2.15. The maximum atomic E-state index is 13.5. The molecular weight excluding hydrogens is 222 g/mol. The summed E-state index contributed by atoms with van der Waals surface area (Å²) in [5.74, 6) is -1.62. The van der Waals surface area contributed by atoms with Crippen LogP contribution < -0.4 is 0 Å². The summed E-state index contributed by atoms with van der Waals surface area (Å²) < 4.78 is 26.7. The van der Waals surface area contributed by atoms with E-state index in [1.54, 1.807) is 32.0 Å². The maximum absolute atomic E-state index is 13.5. The minimum atomic E-state index is -0.668. The quantitative estimate of drug-likeness (QED) is 0.719. The summed E-state index contributed by atoms with van der Waals surface area (Å²) in [4.78, 5) is 11.9. The highest BCUT2D eigenvalue weighted by Crippen LogP contribution is 2.24. The van der Waals surface area contributed by atoms with Crippen molar-refractivity contribution >= 4 is 16.6 Å². The van der Waals surface area contributed by atoms with Crippen LogP contribution in [0.15, 0.2) is 30.3 Å². The molecule has 2 aromatic rings. The highest BCUT2D eigenvalue weighted by molar-refractivity contribution is 6.08. The van der Waals surface area contributed by atoms with Crippen LogP contribution in [-0.2, 0) is 0 Å². The monoisotopic (exact) mass is 234 g/mol. The van der Waals surface area contributed by atoms with E-state index < -0.39 is 11.6 Å². The van der Waals surface area contributed by atoms with Gasteiger partial charge < -0.3 is 0 Å². The standard InChI is InChI=1S/C14H12F2O/c1-8(2)14(17)11-5-3-4-10-12(11)6-9(15)7-13(10)16/h3-8H,1-2H3. The lowest BCUT2D eigenvalue weighted by Gasteiger charge is -2.08. The van der Waals surface area contributed by atoms with Crippen molar-refractivity contribution in [2.45, 2.75) is 13.8 Å². The molecule has 0 saturated carbocycles. The summed E-state index contributed by atoms with van der Waals surface area (Å²) >= 11 is 0. The van der Waals surface area contributed by atoms with E-state index in [4.69, 9.17) is 0 Å². The Morgan fingerprint density at radius 1 is 1.12 bits per heavy atom. The number of benzene rings is 2. The predicted octanol–water partition coefficient (Wildman–Crippen LogP) is 3.96. The van der Waals surface area contributed by atoms with E-state index in [-0.39, 0.29) is 17.1 Å². The number of hydrogen-bond acceptors (Lipinski definition) is 1. The minimum absolute atomic E-state index is 0.111. The van der Waals surface area contributed by atoms with Gasteiger partial charge in [-0.3, -0.25) is 4.79 Å². The van der Waals surface area contributed by atoms with Gasteiger partial charge in [0.05, 0.1) is 0 Å². The van der Waals surface area contributed by atoms with Crippen LogP contribution in [0, 0.1) is 17.6 Å². The fourth-order valence-corrected chi connectivity index (χ4v) is 1.83. The molecule has 0 radical (unpaired) electrons. The predicted molar refractivity (Wildman–Crippen MR) is 63.0 cm³/mol. The molecule has 0 aliphatic rings. The number of ketones is 1. The fourth-order valence-electron chi connectivity index (χ4n) is 1.83. The summed E-state index contributed by atoms with van der Waals surface area (Å²) in [6.45, 7) is 3.52. The lowest BCUT2D eigenvalue weighted by molar-refractivity contribution is 0.0941. The van der Waals surface area contributed by atoms with E-state index in [2.05, 4.69) is 0 Å². The van der Waals surface area contributed by atoms with Crippen molar-refractivity contribution in [3.63, 3.8) is 0 Å². The molecule has 0 saturated heterocycles. The van der Waals surface area contributed by atoms with Gasteiger partial charge in [-0.1, -0.05) is 32.0 Å². The van der Waals surface area contributed by atoms with Crippen molar-refractivity contribution in [2.75, 3.05) is 0 Å². The van der Waals surface area contributed by atoms with Gasteiger partial charge in [-0.2, -0.15) is 0 Å². The number of Topliss-reactive ketones (excluding diaryl/α,β-unsaturated/α-hetero) is 1. The van der Waals surface area contributed by atoms with Crippen LogP contribution >= 0.6 is 0 Å². The molecule has 0 bridgehead atoms. The van der Waals surface area contributed by atoms with Crippen LogP contribution in [0.2, 0.25) is 0 Å². The van der Waals surface area contributed by atoms with Gasteiger partial charge in [-0.05, 0) is 11.5 Å². The second-order valence-electron chi connectivity index (χ2n) is 4.31. The lowest BCUT2D eigenvalue weighted by Crippen LogP contribution is -2.08. The maximum Gasteiger partial charge on any atom is 0.166 e. The van der Waals surface area contributed by atoms with Crippen LogP contribution in [0.5, 0.6) is 0 Å². The molecule has 0 amide bonds. The zero-order valence-corrected chi connectivity index (χ0v) is 9.63. The molecule has 0 N–H and O–H groups in total. The largest absolute Gasteiger partial charge is 0.294 e. The SMILES string of the molecule is CC(C)C(=O)c1cccc2c(F)cc(F)cc12. The first-order valence-corrected chi connectivity index (χ1v) is 5.42. The van der Waals surface area contributed by atoms with Crippen molar-refractivity contribution in [1.82, 2.24) is 0 Å². The number of hydrogen-bond donors (Lipinski definition) is 0. The molecule has 2 aromatic carbocycles. The Bertz CT molecular complexity index is 588. The molecule has 0 spiro atoms. The molecular formula is C14H12F2O. The summed E-state index contributed by atoms with van der Waals surface area (Å²) in [5, 5.41) is 0.613. The molecule has 0 aliphatic carbocycles. The average Bonchev–Trinajstić information content (AvgIpc) is 2.27. The Hall–Kier alpha value is -1.77. The zero-order valence-electron chi connectivity index (χ0n) is 9.63. The van der Waals surface area contributed by atoms with E-state index in [1.165, 1.54) is 6.07 Å². The van der Waals surface area contributed by atoms with Crippen molar-refractivity contribution in [2.24, 2.45) is 5.92 Å². The van der Waals surface area contributed by atoms with Gasteiger partial charge in [-0.15, -0.1) is 0 Å². The van der Waals surface area contributed by atoms with Crippen molar-refractivity contribution in [3.8, 4) is 0 Å². The lowest BCUT2D eigenvalue weighted by atomic mass is 9.95. The Balaban J connectivity index is 2.77. The number of carbonyl (C=O) groups is 1. The van der Waals surface area contributed by atoms with Gasteiger partial charge in [0.2, 0.25) is 0 Å². The van der Waals surface area contributed by atoms with Gasteiger partial charge in [0.25, 0.3) is 0 Å². The molecule has 88 valence electrons. The Morgan fingerprint density at radius 2 is 1.82 bits per heavy atom. The third-order valence-corrected chi connectivity index (χ3v) is 2.70. The van der Waals surface area contributed by atoms with E-state index in [0.717, 1.165) is 6.07 Å². The summed E-state index contributed by atoms with van der Waals surface area (Å²) in [5.41, 5.74) is 0.371. The Morgan fingerprint density at radius 3 is 2.47 bits per heavy atom. The van der Waals surface area contributed by atoms with Gasteiger partial charge in [0, 0.05) is 22.9 Å². The fraction of sp³-hybridized carbons (Fsp3) is 0.214. The molecule has 17 heavy (non-hydrogen) atoms. The Kier molecular flexibility index (Phi) is 2.92. The summed E-state index contributed by atoms with van der Waals surface area (Å²) in [7, 11) is 0. The van der Waals surface area contributed by atoms with Gasteiger partial charge in [0.1, 0.15) is 11.6 Å². The van der Waals surface area contributed by atoms with Crippen molar-refractivity contribution in [1.29, 1.82) is 0 Å². The van der Waals surface area contributed by atoms with Crippen molar-refractivity contribution < 1.29 is 13.6 Å². The second kappa shape index (κ2) is 4.24. The molecule has 0 heterocycles. The minimum Gasteiger partial charge on any atom is -0.294 e. The third-order valence-electron chi connectivity index (χ3n) is 2.70. The van der Waals surface area contributed by atoms with Crippen LogP contribution in [0.1, 0.15) is 24.2 Å². The van der Waals surface area contributed by atoms with E-state index in [0.29, 0.717) is 10.9 Å². The molecule has 0 atom stereocenters. The van der Waals surface area contributed by atoms with Gasteiger partial charge in [0.15, 0.2) is 5.78 Å². The zero-order chi connectivity index (χ0) is 12.6. The number of rotatable bonds is 2. The van der Waals surface area contributed by atoms with E-state index >= 15 is 0 Å². The van der Waals surface area contributed by atoms with E-state index in [9.17, 15) is 13.6 Å². The van der Waals surface area contributed by atoms with Crippen LogP contribution in [0.25, 0.3) is 10.8 Å². The molecule has 2 rings (SSSR count). The first kappa shape index (κ1) is 11.7. The number of fused-ring (bicyclic) bond motifs is 1. The molecule has 0 aliphatic heterocycles. The molecule has 0 fully saturated rings. The number of carbonyl (C=O) groups excluding carboxylic acids is 1. The van der Waals surface area contributed by atoms with Crippen LogP contribution in [0.3, 0.4) is 0 Å². The molecule has 0 unspecified atom stereocenters. The first-order chi connectivity index (χ1) is 8.00. The van der Waals surface area contributed by atoms with Crippen LogP contribution in [0.4, 0.5) is 8.78 Å². The topological polar surface area (TPSA) is 17.1 Å². The Labute approximate surface area is 98.1 Å². The van der Waals surface area contributed by atoms with Crippen molar-refractivity contribution in [3.05, 3.63) is 47.5 Å². The summed E-state index contributed by atoms with van der Waals surface area (Å²) in [6, 6.07) is 6.78. The number of halogens is 2. The van der Waals surface area contributed by atoms with Gasteiger partial charge in [-0.25, -0.2) is 8.78 Å². The molecule has 0 aromatic heterocycles. The van der Waals surface area contributed by atoms with Crippen LogP contribution in [-0.4, -0.2) is 5.78 Å². The normalized spacial score (nSPS) is 11.1. The average molecular weight is 234 g/mol. The molecule has 1 nitrogen and oxygen atoms in total. The molecule has 3 heteroatoms. The smallest absolute Gasteiger partial charge is 0.166 e. The summed E-state index contributed by atoms with van der Waals surface area (Å²) in [6.07, 6.45) is 0. The van der Waals surface area contributed by atoms with E-state index in [1.807, 2.05) is 0 Å². The third kappa shape index (κ3) is 2.05. The second-order valence-corrected chi connectivity index (χ2v) is 4.31. The first-order valence-electron chi connectivity index (χ1n) is 5.42. The van der Waals surface area contributed by atoms with Gasteiger partial charge >= 0.3 is 0 Å².